The molecule has 2 heteroatoms. The van der Waals surface area contributed by atoms with Crippen LogP contribution in [0.3, 0.4) is 0 Å². The average molecular weight is 296 g/mol. The second-order valence-electron chi connectivity index (χ2n) is 7.02. The van der Waals surface area contributed by atoms with Crippen LogP contribution in [0.15, 0.2) is 12.7 Å². The molecule has 0 aliphatic heterocycles. The Balaban J connectivity index is 3.84. The van der Waals surface area contributed by atoms with Crippen molar-refractivity contribution in [3.63, 3.8) is 0 Å². The Bertz CT molecular complexity index is 276. The summed E-state index contributed by atoms with van der Waals surface area (Å²) in [7, 11) is 0. The number of unbranched alkanes of at least 4 members (excludes halogenated alkanes) is 7. The first-order chi connectivity index (χ1) is 9.90. The summed E-state index contributed by atoms with van der Waals surface area (Å²) in [5.74, 6) is -0.0767. The highest BCUT2D eigenvalue weighted by molar-refractivity contribution is 5.73. The van der Waals surface area contributed by atoms with Gasteiger partial charge in [0.2, 0.25) is 0 Å². The molecule has 2 nitrogen and oxygen atoms in total. The molecule has 0 aliphatic carbocycles. The minimum atomic E-state index is -0.393. The Morgan fingerprint density at radius 3 is 2.05 bits per heavy atom. The van der Waals surface area contributed by atoms with Gasteiger partial charge in [-0.3, -0.25) is 4.79 Å². The molecule has 0 amide bonds. The molecule has 0 aromatic heterocycles. The number of hydrogen-bond donors (Lipinski definition) is 0. The minimum Gasteiger partial charge on any atom is -0.460 e. The SMILES string of the molecule is C=CCC(CCCCCCCCCC)C(=O)OC(C)(C)C. The summed E-state index contributed by atoms with van der Waals surface area (Å²) in [4.78, 5) is 12.1. The van der Waals surface area contributed by atoms with Crippen molar-refractivity contribution in [2.45, 2.75) is 97.5 Å². The lowest BCUT2D eigenvalue weighted by molar-refractivity contribution is -0.160. The van der Waals surface area contributed by atoms with E-state index in [4.69, 9.17) is 4.74 Å². The molecule has 0 rings (SSSR count). The van der Waals surface area contributed by atoms with E-state index in [2.05, 4.69) is 13.5 Å². The first-order valence-corrected chi connectivity index (χ1v) is 8.74. The zero-order chi connectivity index (χ0) is 16.1. The third-order valence-electron chi connectivity index (χ3n) is 3.60. The number of hydrogen-bond acceptors (Lipinski definition) is 2. The molecule has 0 aromatic rings. The van der Waals surface area contributed by atoms with E-state index >= 15 is 0 Å². The predicted octanol–water partition coefficient (Wildman–Crippen LogP) is 6.05. The van der Waals surface area contributed by atoms with Crippen molar-refractivity contribution < 1.29 is 9.53 Å². The van der Waals surface area contributed by atoms with Crippen molar-refractivity contribution >= 4 is 5.97 Å². The normalized spacial score (nSPS) is 13.0. The quantitative estimate of drug-likeness (QED) is 0.249. The van der Waals surface area contributed by atoms with Gasteiger partial charge in [0.05, 0.1) is 5.92 Å². The minimum absolute atomic E-state index is 0.0122. The molecule has 0 saturated heterocycles. The fourth-order valence-corrected chi connectivity index (χ4v) is 2.44. The van der Waals surface area contributed by atoms with Crippen molar-refractivity contribution in [2.75, 3.05) is 0 Å². The maximum atomic E-state index is 12.1. The van der Waals surface area contributed by atoms with Gasteiger partial charge in [-0.15, -0.1) is 6.58 Å². The highest BCUT2D eigenvalue weighted by Crippen LogP contribution is 2.20. The summed E-state index contributed by atoms with van der Waals surface area (Å²) in [5.41, 5.74) is -0.393. The second-order valence-corrected chi connectivity index (χ2v) is 7.02. The van der Waals surface area contributed by atoms with Crippen molar-refractivity contribution in [3.05, 3.63) is 12.7 Å². The predicted molar refractivity (Wildman–Crippen MR) is 91.4 cm³/mol. The van der Waals surface area contributed by atoms with E-state index in [0.717, 1.165) is 19.3 Å². The van der Waals surface area contributed by atoms with Gasteiger partial charge in [-0.1, -0.05) is 64.4 Å². The van der Waals surface area contributed by atoms with Crippen LogP contribution in [0.1, 0.15) is 91.9 Å². The van der Waals surface area contributed by atoms with Gasteiger partial charge in [-0.25, -0.2) is 0 Å². The fourth-order valence-electron chi connectivity index (χ4n) is 2.44. The third-order valence-corrected chi connectivity index (χ3v) is 3.60. The largest absolute Gasteiger partial charge is 0.460 e. The van der Waals surface area contributed by atoms with Gasteiger partial charge in [0.25, 0.3) is 0 Å². The van der Waals surface area contributed by atoms with Crippen LogP contribution in [-0.4, -0.2) is 11.6 Å². The van der Waals surface area contributed by atoms with E-state index in [1.807, 2.05) is 26.8 Å². The molecule has 0 heterocycles. The molecule has 0 N–H and O–H groups in total. The molecule has 21 heavy (non-hydrogen) atoms. The smallest absolute Gasteiger partial charge is 0.309 e. The molecule has 124 valence electrons. The molecule has 0 aromatic carbocycles. The summed E-state index contributed by atoms with van der Waals surface area (Å²) in [6, 6.07) is 0. The van der Waals surface area contributed by atoms with Crippen molar-refractivity contribution in [1.29, 1.82) is 0 Å². The zero-order valence-corrected chi connectivity index (χ0v) is 14.7. The average Bonchev–Trinajstić information content (AvgIpc) is 2.38. The van der Waals surface area contributed by atoms with Crippen LogP contribution in [0.5, 0.6) is 0 Å². The van der Waals surface area contributed by atoms with E-state index in [0.29, 0.717) is 0 Å². The highest BCUT2D eigenvalue weighted by Gasteiger charge is 2.23. The van der Waals surface area contributed by atoms with Crippen LogP contribution in [0.2, 0.25) is 0 Å². The van der Waals surface area contributed by atoms with Crippen LogP contribution in [0.4, 0.5) is 0 Å². The third kappa shape index (κ3) is 12.6. The summed E-state index contributed by atoms with van der Waals surface area (Å²) in [5, 5.41) is 0. The zero-order valence-electron chi connectivity index (χ0n) is 14.7. The van der Waals surface area contributed by atoms with Crippen molar-refractivity contribution in [2.24, 2.45) is 5.92 Å². The number of ether oxygens (including phenoxy) is 1. The van der Waals surface area contributed by atoms with E-state index in [9.17, 15) is 4.79 Å². The van der Waals surface area contributed by atoms with E-state index in [1.54, 1.807) is 0 Å². The summed E-state index contributed by atoms with van der Waals surface area (Å²) in [6.45, 7) is 11.8. The lowest BCUT2D eigenvalue weighted by Crippen LogP contribution is -2.28. The van der Waals surface area contributed by atoms with E-state index < -0.39 is 5.60 Å². The second kappa shape index (κ2) is 11.8. The van der Waals surface area contributed by atoms with Gasteiger partial charge in [-0.05, 0) is 33.6 Å². The number of carbonyl (C=O) groups is 1. The molecule has 1 unspecified atom stereocenters. The molecule has 0 fully saturated rings. The van der Waals surface area contributed by atoms with Gasteiger partial charge in [-0.2, -0.15) is 0 Å². The maximum absolute atomic E-state index is 12.1. The molecular weight excluding hydrogens is 260 g/mol. The molecule has 0 radical (unpaired) electrons. The van der Waals surface area contributed by atoms with Crippen LogP contribution < -0.4 is 0 Å². The Labute approximate surface area is 132 Å². The first-order valence-electron chi connectivity index (χ1n) is 8.74. The number of rotatable bonds is 12. The molecule has 0 aliphatic rings. The molecule has 1 atom stereocenters. The standard InChI is InChI=1S/C19H36O2/c1-6-8-9-10-11-12-13-14-16-17(15-7-2)18(20)21-19(3,4)5/h7,17H,2,6,8-16H2,1,3-5H3. The highest BCUT2D eigenvalue weighted by atomic mass is 16.6. The van der Waals surface area contributed by atoms with Gasteiger partial charge in [0, 0.05) is 0 Å². The van der Waals surface area contributed by atoms with Crippen molar-refractivity contribution in [1.82, 2.24) is 0 Å². The van der Waals surface area contributed by atoms with E-state index in [-0.39, 0.29) is 11.9 Å². The van der Waals surface area contributed by atoms with E-state index in [1.165, 1.54) is 44.9 Å². The first kappa shape index (κ1) is 20.2. The van der Waals surface area contributed by atoms with Crippen LogP contribution >= 0.6 is 0 Å². The molecular formula is C19H36O2. The number of esters is 1. The number of allylic oxidation sites excluding steroid dienone is 1. The van der Waals surface area contributed by atoms with Gasteiger partial charge in [0.1, 0.15) is 5.60 Å². The fraction of sp³-hybridized carbons (Fsp3) is 0.842. The Kier molecular flexibility index (Phi) is 11.4. The Morgan fingerprint density at radius 1 is 1.05 bits per heavy atom. The van der Waals surface area contributed by atoms with Crippen molar-refractivity contribution in [3.8, 4) is 0 Å². The topological polar surface area (TPSA) is 26.3 Å². The van der Waals surface area contributed by atoms with Crippen LogP contribution in [-0.2, 0) is 9.53 Å². The summed E-state index contributed by atoms with van der Waals surface area (Å²) in [6.07, 6.45) is 13.8. The van der Waals surface area contributed by atoms with Gasteiger partial charge >= 0.3 is 5.97 Å². The molecule has 0 saturated carbocycles. The number of carbonyl (C=O) groups excluding carboxylic acids is 1. The summed E-state index contributed by atoms with van der Waals surface area (Å²) < 4.78 is 5.49. The lowest BCUT2D eigenvalue weighted by Gasteiger charge is -2.23. The Hall–Kier alpha value is -0.790. The Morgan fingerprint density at radius 2 is 1.57 bits per heavy atom. The lowest BCUT2D eigenvalue weighted by atomic mass is 9.96. The summed E-state index contributed by atoms with van der Waals surface area (Å²) >= 11 is 0. The van der Waals surface area contributed by atoms with Gasteiger partial charge in [0.15, 0.2) is 0 Å². The van der Waals surface area contributed by atoms with Crippen LogP contribution in [0, 0.1) is 5.92 Å². The molecule has 0 bridgehead atoms. The monoisotopic (exact) mass is 296 g/mol. The van der Waals surface area contributed by atoms with Gasteiger partial charge < -0.3 is 4.74 Å². The molecule has 0 spiro atoms. The maximum Gasteiger partial charge on any atom is 0.309 e. The van der Waals surface area contributed by atoms with Crippen LogP contribution in [0.25, 0.3) is 0 Å².